The molecule has 1 unspecified atom stereocenters. The van der Waals surface area contributed by atoms with Crippen molar-refractivity contribution >= 4 is 39.3 Å². The summed E-state index contributed by atoms with van der Waals surface area (Å²) >= 11 is 6.01. The first-order chi connectivity index (χ1) is 13.8. The van der Waals surface area contributed by atoms with Gasteiger partial charge in [-0.15, -0.1) is 0 Å². The monoisotopic (exact) mass is 442 g/mol. The van der Waals surface area contributed by atoms with Crippen LogP contribution in [-0.4, -0.2) is 79.6 Å². The van der Waals surface area contributed by atoms with E-state index in [-0.39, 0.29) is 31.3 Å². The van der Waals surface area contributed by atoms with E-state index in [1.807, 2.05) is 13.8 Å². The van der Waals surface area contributed by atoms with Crippen LogP contribution in [0.25, 0.3) is 0 Å². The smallest absolute Gasteiger partial charge is 0.282 e. The van der Waals surface area contributed by atoms with Crippen molar-refractivity contribution in [3.05, 3.63) is 29.3 Å². The number of amides is 2. The highest BCUT2D eigenvalue weighted by molar-refractivity contribution is 7.86. The Bertz CT molecular complexity index is 867. The van der Waals surface area contributed by atoms with Crippen molar-refractivity contribution < 1.29 is 18.0 Å². The molecule has 0 aromatic heterocycles. The van der Waals surface area contributed by atoms with Crippen LogP contribution in [0.5, 0.6) is 0 Å². The minimum absolute atomic E-state index is 0.0947. The van der Waals surface area contributed by atoms with Gasteiger partial charge in [0.2, 0.25) is 11.8 Å². The van der Waals surface area contributed by atoms with Gasteiger partial charge in [0.25, 0.3) is 10.2 Å². The maximum atomic E-state index is 12.9. The summed E-state index contributed by atoms with van der Waals surface area (Å²) in [4.78, 5) is 28.6. The van der Waals surface area contributed by atoms with Crippen molar-refractivity contribution in [3.8, 4) is 0 Å². The summed E-state index contributed by atoms with van der Waals surface area (Å²) < 4.78 is 28.1. The number of rotatable bonds is 6. The lowest BCUT2D eigenvalue weighted by molar-refractivity contribution is -0.137. The molecular formula is C19H27ClN4O4S. The highest BCUT2D eigenvalue weighted by Crippen LogP contribution is 2.28. The summed E-state index contributed by atoms with van der Waals surface area (Å²) in [5.41, 5.74) is 0.688. The van der Waals surface area contributed by atoms with E-state index in [1.165, 1.54) is 8.61 Å². The molecule has 3 rings (SSSR count). The Morgan fingerprint density at radius 3 is 2.41 bits per heavy atom. The normalized spacial score (nSPS) is 21.2. The fourth-order valence-electron chi connectivity index (χ4n) is 3.88. The molecule has 2 aliphatic rings. The molecule has 10 heteroatoms. The average Bonchev–Trinajstić information content (AvgIpc) is 3.10. The topological polar surface area (TPSA) is 81.2 Å². The Morgan fingerprint density at radius 1 is 1.17 bits per heavy atom. The minimum atomic E-state index is -3.50. The van der Waals surface area contributed by atoms with Gasteiger partial charge in [-0.2, -0.15) is 17.0 Å². The van der Waals surface area contributed by atoms with Gasteiger partial charge in [-0.3, -0.25) is 9.59 Å². The first-order valence-corrected chi connectivity index (χ1v) is 11.6. The molecule has 0 saturated carbocycles. The molecule has 0 N–H and O–H groups in total. The molecular weight excluding hydrogens is 416 g/mol. The minimum Gasteiger partial charge on any atom is -0.340 e. The number of halogens is 1. The Hall–Kier alpha value is -1.68. The lowest BCUT2D eigenvalue weighted by Gasteiger charge is -2.37. The summed E-state index contributed by atoms with van der Waals surface area (Å²) in [6.45, 7) is 5.97. The highest BCUT2D eigenvalue weighted by atomic mass is 35.5. The third-order valence-corrected chi connectivity index (χ3v) is 7.92. The quantitative estimate of drug-likeness (QED) is 0.667. The van der Waals surface area contributed by atoms with E-state index in [0.717, 1.165) is 0 Å². The third-order valence-electron chi connectivity index (χ3n) is 5.50. The Morgan fingerprint density at radius 2 is 1.83 bits per heavy atom. The van der Waals surface area contributed by atoms with Crippen molar-refractivity contribution in [3.63, 3.8) is 0 Å². The van der Waals surface area contributed by atoms with E-state index in [2.05, 4.69) is 0 Å². The molecule has 29 heavy (non-hydrogen) atoms. The van der Waals surface area contributed by atoms with Gasteiger partial charge in [0.1, 0.15) is 0 Å². The van der Waals surface area contributed by atoms with E-state index >= 15 is 0 Å². The number of nitrogens with zero attached hydrogens (tertiary/aromatic N) is 4. The van der Waals surface area contributed by atoms with E-state index in [9.17, 15) is 18.0 Å². The predicted molar refractivity (Wildman–Crippen MR) is 112 cm³/mol. The van der Waals surface area contributed by atoms with Crippen LogP contribution in [0.1, 0.15) is 20.3 Å². The largest absolute Gasteiger partial charge is 0.340 e. The second-order valence-corrected chi connectivity index (χ2v) is 9.57. The first-order valence-electron chi connectivity index (χ1n) is 9.87. The summed E-state index contributed by atoms with van der Waals surface area (Å²) in [5.74, 6) is -0.622. The molecule has 0 bridgehead atoms. The van der Waals surface area contributed by atoms with Crippen LogP contribution in [0.3, 0.4) is 0 Å². The molecule has 1 aromatic rings. The summed E-state index contributed by atoms with van der Waals surface area (Å²) in [6.07, 6.45) is 0.156. The molecule has 2 aliphatic heterocycles. The molecule has 1 aromatic carbocycles. The maximum absolute atomic E-state index is 12.9. The lowest BCUT2D eigenvalue weighted by atomic mass is 10.1. The number of carbonyl (C=O) groups excluding carboxylic acids is 2. The molecule has 2 fully saturated rings. The molecule has 0 radical (unpaired) electrons. The van der Waals surface area contributed by atoms with Gasteiger partial charge in [-0.25, -0.2) is 0 Å². The number of benzene rings is 1. The maximum Gasteiger partial charge on any atom is 0.282 e. The molecule has 0 aliphatic carbocycles. The number of hydrogen-bond acceptors (Lipinski definition) is 4. The SMILES string of the molecule is CCN(CC)S(=O)(=O)N1CCN(C(=O)C2CC(=O)N(c3cccc(Cl)c3)C2)CC1. The second-order valence-electron chi connectivity index (χ2n) is 7.20. The second kappa shape index (κ2) is 8.99. The van der Waals surface area contributed by atoms with Crippen molar-refractivity contribution in [2.75, 3.05) is 50.7 Å². The average molecular weight is 443 g/mol. The first kappa shape index (κ1) is 22.0. The van der Waals surface area contributed by atoms with E-state index in [0.29, 0.717) is 43.4 Å². The van der Waals surface area contributed by atoms with Crippen molar-refractivity contribution in [2.24, 2.45) is 5.92 Å². The number of hydrogen-bond donors (Lipinski definition) is 0. The van der Waals surface area contributed by atoms with E-state index in [1.54, 1.807) is 34.1 Å². The van der Waals surface area contributed by atoms with Crippen LogP contribution in [0, 0.1) is 5.92 Å². The zero-order chi connectivity index (χ0) is 21.2. The standard InChI is InChI=1S/C19H27ClN4O4S/c1-3-22(4-2)29(27,28)23-10-8-21(9-11-23)19(26)15-12-18(25)24(14-15)17-7-5-6-16(20)13-17/h5-7,13,15H,3-4,8-12,14H2,1-2H3. The van der Waals surface area contributed by atoms with E-state index < -0.39 is 16.1 Å². The van der Waals surface area contributed by atoms with Gasteiger partial charge in [0.05, 0.1) is 5.92 Å². The Labute approximate surface area is 177 Å². The Kier molecular flexibility index (Phi) is 6.83. The van der Waals surface area contributed by atoms with E-state index in [4.69, 9.17) is 11.6 Å². The molecule has 2 amide bonds. The van der Waals surface area contributed by atoms with Gasteiger partial charge in [-0.05, 0) is 18.2 Å². The molecule has 160 valence electrons. The van der Waals surface area contributed by atoms with Gasteiger partial charge in [0, 0.05) is 62.9 Å². The number of anilines is 1. The molecule has 0 spiro atoms. The van der Waals surface area contributed by atoms with Crippen LogP contribution in [-0.2, 0) is 19.8 Å². The highest BCUT2D eigenvalue weighted by Gasteiger charge is 2.39. The molecule has 8 nitrogen and oxygen atoms in total. The fraction of sp³-hybridized carbons (Fsp3) is 0.579. The fourth-order valence-corrected chi connectivity index (χ4v) is 5.67. The zero-order valence-electron chi connectivity index (χ0n) is 16.8. The van der Waals surface area contributed by atoms with Crippen molar-refractivity contribution in [1.82, 2.24) is 13.5 Å². The van der Waals surface area contributed by atoms with Gasteiger partial charge >= 0.3 is 0 Å². The van der Waals surface area contributed by atoms with Gasteiger partial charge in [0.15, 0.2) is 0 Å². The number of carbonyl (C=O) groups is 2. The molecule has 2 heterocycles. The van der Waals surface area contributed by atoms with Gasteiger partial charge < -0.3 is 9.80 Å². The zero-order valence-corrected chi connectivity index (χ0v) is 18.3. The Balaban J connectivity index is 1.61. The van der Waals surface area contributed by atoms with Crippen LogP contribution < -0.4 is 4.90 Å². The summed E-state index contributed by atoms with van der Waals surface area (Å²) in [7, 11) is -3.50. The van der Waals surface area contributed by atoms with Crippen molar-refractivity contribution in [1.29, 1.82) is 0 Å². The van der Waals surface area contributed by atoms with Crippen LogP contribution in [0.15, 0.2) is 24.3 Å². The van der Waals surface area contributed by atoms with Gasteiger partial charge in [-0.1, -0.05) is 31.5 Å². The summed E-state index contributed by atoms with van der Waals surface area (Å²) in [5, 5.41) is 0.538. The molecule has 1 atom stereocenters. The summed E-state index contributed by atoms with van der Waals surface area (Å²) in [6, 6.07) is 7.02. The lowest BCUT2D eigenvalue weighted by Crippen LogP contribution is -2.55. The number of piperazine rings is 1. The van der Waals surface area contributed by atoms with Crippen LogP contribution in [0.4, 0.5) is 5.69 Å². The third kappa shape index (κ3) is 4.58. The van der Waals surface area contributed by atoms with Crippen LogP contribution >= 0.6 is 11.6 Å². The molecule has 2 saturated heterocycles. The van der Waals surface area contributed by atoms with Crippen molar-refractivity contribution in [2.45, 2.75) is 20.3 Å². The van der Waals surface area contributed by atoms with Crippen LogP contribution in [0.2, 0.25) is 5.02 Å². The predicted octanol–water partition coefficient (Wildman–Crippen LogP) is 1.42.